The largest absolute Gasteiger partial charge is 0.388 e. The molecule has 1 N–H and O–H groups in total. The van der Waals surface area contributed by atoms with Crippen molar-refractivity contribution < 1.29 is 5.11 Å². The first-order valence-electron chi connectivity index (χ1n) is 6.77. The minimum Gasteiger partial charge on any atom is -0.388 e. The molecule has 0 heterocycles. The Kier molecular flexibility index (Phi) is 3.58. The molecule has 0 aliphatic heterocycles. The van der Waals surface area contributed by atoms with Crippen molar-refractivity contribution in [2.45, 2.75) is 31.3 Å². The summed E-state index contributed by atoms with van der Waals surface area (Å²) in [6.45, 7) is 0. The van der Waals surface area contributed by atoms with Crippen molar-refractivity contribution in [3.05, 3.63) is 70.2 Å². The summed E-state index contributed by atoms with van der Waals surface area (Å²) in [6, 6.07) is 16.1. The molecule has 0 radical (unpaired) electrons. The normalized spacial score (nSPS) is 22.6. The SMILES string of the molecule is O[C@@H]1c2ccccc2CCC[C@H]1c1ccc(Cl)cc1. The van der Waals surface area contributed by atoms with Gasteiger partial charge >= 0.3 is 0 Å². The van der Waals surface area contributed by atoms with E-state index in [0.717, 1.165) is 29.8 Å². The zero-order chi connectivity index (χ0) is 13.2. The molecule has 0 bridgehead atoms. The van der Waals surface area contributed by atoms with Crippen molar-refractivity contribution in [3.8, 4) is 0 Å². The maximum atomic E-state index is 10.7. The highest BCUT2D eigenvalue weighted by Gasteiger charge is 2.26. The van der Waals surface area contributed by atoms with Gasteiger partial charge in [0.05, 0.1) is 6.10 Å². The summed E-state index contributed by atoms with van der Waals surface area (Å²) < 4.78 is 0. The third-order valence-corrected chi connectivity index (χ3v) is 4.27. The van der Waals surface area contributed by atoms with Gasteiger partial charge in [-0.25, -0.2) is 0 Å². The Labute approximate surface area is 118 Å². The van der Waals surface area contributed by atoms with Gasteiger partial charge in [-0.3, -0.25) is 0 Å². The molecular formula is C17H17ClO. The third-order valence-electron chi connectivity index (χ3n) is 4.01. The number of hydrogen-bond acceptors (Lipinski definition) is 1. The Balaban J connectivity index is 1.97. The Morgan fingerprint density at radius 1 is 1.00 bits per heavy atom. The summed E-state index contributed by atoms with van der Waals surface area (Å²) >= 11 is 5.94. The Morgan fingerprint density at radius 3 is 2.53 bits per heavy atom. The molecule has 3 rings (SSSR count). The Bertz CT molecular complexity index is 562. The molecule has 0 aromatic heterocycles. The van der Waals surface area contributed by atoms with Crippen LogP contribution in [0.15, 0.2) is 48.5 Å². The number of hydrogen-bond donors (Lipinski definition) is 1. The minimum atomic E-state index is -0.417. The lowest BCUT2D eigenvalue weighted by Crippen LogP contribution is -2.10. The molecule has 2 aromatic carbocycles. The first kappa shape index (κ1) is 12.7. The number of fused-ring (bicyclic) bond motifs is 1. The van der Waals surface area contributed by atoms with E-state index in [2.05, 4.69) is 6.07 Å². The summed E-state index contributed by atoms with van der Waals surface area (Å²) in [5.74, 6) is 0.168. The molecule has 0 fully saturated rings. The maximum Gasteiger partial charge on any atom is 0.0861 e. The molecule has 1 aliphatic rings. The molecule has 2 heteroatoms. The topological polar surface area (TPSA) is 20.2 Å². The second-order valence-corrected chi connectivity index (χ2v) is 5.63. The van der Waals surface area contributed by atoms with Crippen LogP contribution in [0.2, 0.25) is 5.02 Å². The van der Waals surface area contributed by atoms with E-state index in [1.165, 1.54) is 11.1 Å². The van der Waals surface area contributed by atoms with E-state index in [1.54, 1.807) is 0 Å². The van der Waals surface area contributed by atoms with E-state index in [4.69, 9.17) is 11.6 Å². The van der Waals surface area contributed by atoms with Crippen LogP contribution in [0.5, 0.6) is 0 Å². The summed E-state index contributed by atoms with van der Waals surface area (Å²) in [6.07, 6.45) is 2.76. The molecule has 0 unspecified atom stereocenters. The maximum absolute atomic E-state index is 10.7. The van der Waals surface area contributed by atoms with Crippen molar-refractivity contribution in [1.82, 2.24) is 0 Å². The monoisotopic (exact) mass is 272 g/mol. The zero-order valence-corrected chi connectivity index (χ0v) is 11.5. The third kappa shape index (κ3) is 2.54. The number of halogens is 1. The Hall–Kier alpha value is -1.31. The highest BCUT2D eigenvalue weighted by atomic mass is 35.5. The van der Waals surface area contributed by atoms with Crippen molar-refractivity contribution in [1.29, 1.82) is 0 Å². The van der Waals surface area contributed by atoms with E-state index in [1.807, 2.05) is 42.5 Å². The van der Waals surface area contributed by atoms with Gasteiger partial charge in [-0.15, -0.1) is 0 Å². The lowest BCUT2D eigenvalue weighted by atomic mass is 9.87. The van der Waals surface area contributed by atoms with Crippen LogP contribution in [0.4, 0.5) is 0 Å². The van der Waals surface area contributed by atoms with Gasteiger partial charge in [-0.2, -0.15) is 0 Å². The fraction of sp³-hybridized carbons (Fsp3) is 0.294. The van der Waals surface area contributed by atoms with Crippen LogP contribution in [0.3, 0.4) is 0 Å². The fourth-order valence-corrected chi connectivity index (χ4v) is 3.12. The molecule has 98 valence electrons. The van der Waals surface area contributed by atoms with E-state index in [-0.39, 0.29) is 5.92 Å². The summed E-state index contributed by atoms with van der Waals surface area (Å²) in [4.78, 5) is 0. The van der Waals surface area contributed by atoms with Gasteiger partial charge in [0.2, 0.25) is 0 Å². The van der Waals surface area contributed by atoms with Crippen molar-refractivity contribution in [2.75, 3.05) is 0 Å². The van der Waals surface area contributed by atoms with Gasteiger partial charge in [-0.05, 0) is 48.1 Å². The minimum absolute atomic E-state index is 0.168. The molecule has 0 saturated carbocycles. The summed E-state index contributed by atoms with van der Waals surface area (Å²) in [5, 5.41) is 11.4. The molecule has 2 aromatic rings. The number of aliphatic hydroxyl groups excluding tert-OH is 1. The average Bonchev–Trinajstić information content (AvgIpc) is 2.60. The van der Waals surface area contributed by atoms with Crippen LogP contribution in [-0.2, 0) is 6.42 Å². The predicted molar refractivity (Wildman–Crippen MR) is 78.5 cm³/mol. The lowest BCUT2D eigenvalue weighted by Gasteiger charge is -2.22. The van der Waals surface area contributed by atoms with E-state index in [9.17, 15) is 5.11 Å². The van der Waals surface area contributed by atoms with E-state index < -0.39 is 6.10 Å². The number of aryl methyl sites for hydroxylation is 1. The van der Waals surface area contributed by atoms with Crippen LogP contribution in [0.1, 0.15) is 41.6 Å². The fourth-order valence-electron chi connectivity index (χ4n) is 3.00. The molecular weight excluding hydrogens is 256 g/mol. The van der Waals surface area contributed by atoms with Crippen molar-refractivity contribution in [3.63, 3.8) is 0 Å². The first-order valence-corrected chi connectivity index (χ1v) is 7.15. The van der Waals surface area contributed by atoms with Crippen LogP contribution < -0.4 is 0 Å². The zero-order valence-electron chi connectivity index (χ0n) is 10.7. The highest BCUT2D eigenvalue weighted by Crippen LogP contribution is 2.39. The molecule has 2 atom stereocenters. The van der Waals surface area contributed by atoms with Gasteiger partial charge < -0.3 is 5.11 Å². The van der Waals surface area contributed by atoms with Crippen LogP contribution in [-0.4, -0.2) is 5.11 Å². The molecule has 1 nitrogen and oxygen atoms in total. The second kappa shape index (κ2) is 5.36. The van der Waals surface area contributed by atoms with Gasteiger partial charge in [0.15, 0.2) is 0 Å². The van der Waals surface area contributed by atoms with Gasteiger partial charge in [-0.1, -0.05) is 48.0 Å². The van der Waals surface area contributed by atoms with Crippen molar-refractivity contribution in [2.24, 2.45) is 0 Å². The van der Waals surface area contributed by atoms with Gasteiger partial charge in [0, 0.05) is 10.9 Å². The van der Waals surface area contributed by atoms with Crippen molar-refractivity contribution >= 4 is 11.6 Å². The Morgan fingerprint density at radius 2 is 1.74 bits per heavy atom. The molecule has 0 amide bonds. The summed E-state index contributed by atoms with van der Waals surface area (Å²) in [7, 11) is 0. The molecule has 19 heavy (non-hydrogen) atoms. The highest BCUT2D eigenvalue weighted by molar-refractivity contribution is 6.30. The smallest absolute Gasteiger partial charge is 0.0861 e. The van der Waals surface area contributed by atoms with Crippen LogP contribution in [0.25, 0.3) is 0 Å². The van der Waals surface area contributed by atoms with Crippen LogP contribution >= 0.6 is 11.6 Å². The molecule has 1 aliphatic carbocycles. The number of aliphatic hydroxyl groups is 1. The second-order valence-electron chi connectivity index (χ2n) is 5.19. The molecule has 0 spiro atoms. The number of benzene rings is 2. The first-order chi connectivity index (χ1) is 9.25. The summed E-state index contributed by atoms with van der Waals surface area (Å²) in [5.41, 5.74) is 3.54. The predicted octanol–water partition coefficient (Wildman–Crippen LogP) is 4.49. The molecule has 0 saturated heterocycles. The van der Waals surface area contributed by atoms with Gasteiger partial charge in [0.25, 0.3) is 0 Å². The van der Waals surface area contributed by atoms with Gasteiger partial charge in [0.1, 0.15) is 0 Å². The number of rotatable bonds is 1. The lowest BCUT2D eigenvalue weighted by molar-refractivity contribution is 0.142. The van der Waals surface area contributed by atoms with E-state index >= 15 is 0 Å². The van der Waals surface area contributed by atoms with E-state index in [0.29, 0.717) is 0 Å². The standard InChI is InChI=1S/C17H17ClO/c18-14-10-8-13(9-11-14)16-7-3-5-12-4-1-2-6-15(12)17(16)19/h1-2,4,6,8-11,16-17,19H,3,5,7H2/t16-,17+/m0/s1. The quantitative estimate of drug-likeness (QED) is 0.758. The average molecular weight is 273 g/mol. The van der Waals surface area contributed by atoms with Crippen LogP contribution in [0, 0.1) is 0 Å².